The third-order valence-electron chi connectivity index (χ3n) is 2.11. The van der Waals surface area contributed by atoms with Crippen LogP contribution in [0.4, 0.5) is 4.39 Å². The first-order valence-electron chi connectivity index (χ1n) is 4.04. The Morgan fingerprint density at radius 3 is 2.62 bits per heavy atom. The number of aryl methyl sites for hydroxylation is 1. The summed E-state index contributed by atoms with van der Waals surface area (Å²) in [6.07, 6.45) is 0. The normalized spacial score (nSPS) is 12.2. The van der Waals surface area contributed by atoms with Crippen LogP contribution in [0.25, 0.3) is 11.1 Å². The molecule has 1 heterocycles. The van der Waals surface area contributed by atoms with Crippen molar-refractivity contribution in [3.8, 4) is 0 Å². The number of oxazole rings is 1. The number of hydrogen-bond donors (Lipinski definition) is 0. The summed E-state index contributed by atoms with van der Waals surface area (Å²) < 4.78 is 41.1. The first kappa shape index (κ1) is 11.2. The highest BCUT2D eigenvalue weighted by molar-refractivity contribution is 8.13. The van der Waals surface area contributed by atoms with Gasteiger partial charge in [0.2, 0.25) is 0 Å². The van der Waals surface area contributed by atoms with E-state index in [0.29, 0.717) is 0 Å². The molecule has 1 aromatic carbocycles. The molecule has 0 radical (unpaired) electrons. The topological polar surface area (TPSA) is 69.3 Å². The van der Waals surface area contributed by atoms with E-state index in [4.69, 9.17) is 15.1 Å². The van der Waals surface area contributed by atoms with E-state index in [1.165, 1.54) is 7.05 Å². The van der Waals surface area contributed by atoms with Gasteiger partial charge in [0.15, 0.2) is 5.58 Å². The average molecular weight is 266 g/mol. The molecule has 0 aliphatic rings. The molecule has 16 heavy (non-hydrogen) atoms. The molecule has 1 aromatic heterocycles. The SMILES string of the molecule is Cn1c(=O)oc2cc(S(=O)(=O)Cl)c(F)cc21. The van der Waals surface area contributed by atoms with Gasteiger partial charge in [-0.2, -0.15) is 0 Å². The van der Waals surface area contributed by atoms with Crippen LogP contribution in [0.2, 0.25) is 0 Å². The quantitative estimate of drug-likeness (QED) is 0.727. The van der Waals surface area contributed by atoms with Gasteiger partial charge in [0.05, 0.1) is 5.52 Å². The summed E-state index contributed by atoms with van der Waals surface area (Å²) >= 11 is 0. The molecule has 5 nitrogen and oxygen atoms in total. The van der Waals surface area contributed by atoms with Gasteiger partial charge in [-0.1, -0.05) is 0 Å². The maximum atomic E-state index is 13.4. The predicted octanol–water partition coefficient (Wildman–Crippen LogP) is 1.20. The molecule has 0 fully saturated rings. The van der Waals surface area contributed by atoms with Crippen molar-refractivity contribution in [3.05, 3.63) is 28.5 Å². The number of rotatable bonds is 1. The zero-order chi connectivity index (χ0) is 12.1. The zero-order valence-electron chi connectivity index (χ0n) is 7.90. The van der Waals surface area contributed by atoms with Gasteiger partial charge >= 0.3 is 5.76 Å². The molecule has 8 heteroatoms. The lowest BCUT2D eigenvalue weighted by Gasteiger charge is -1.98. The smallest absolute Gasteiger partial charge is 0.408 e. The van der Waals surface area contributed by atoms with Crippen molar-refractivity contribution in [2.75, 3.05) is 0 Å². The van der Waals surface area contributed by atoms with E-state index >= 15 is 0 Å². The lowest BCUT2D eigenvalue weighted by atomic mass is 10.3. The molecule has 0 unspecified atom stereocenters. The fourth-order valence-corrected chi connectivity index (χ4v) is 2.21. The molecule has 0 N–H and O–H groups in total. The minimum absolute atomic E-state index is 0.0341. The Bertz CT molecular complexity index is 730. The van der Waals surface area contributed by atoms with Crippen molar-refractivity contribution < 1.29 is 17.2 Å². The standard InChI is InChI=1S/C8H5ClFNO4S/c1-11-5-2-4(10)7(16(9,13)14)3-6(5)15-8(11)12/h2-3H,1H3. The number of fused-ring (bicyclic) bond motifs is 1. The Kier molecular flexibility index (Phi) is 2.32. The molecule has 0 aliphatic carbocycles. The molecule has 0 saturated carbocycles. The van der Waals surface area contributed by atoms with Crippen LogP contribution in [-0.2, 0) is 16.1 Å². The molecule has 0 bridgehead atoms. The third-order valence-corrected chi connectivity index (χ3v) is 3.45. The van der Waals surface area contributed by atoms with Gasteiger partial charge < -0.3 is 4.42 Å². The van der Waals surface area contributed by atoms with Crippen molar-refractivity contribution in [1.29, 1.82) is 0 Å². The van der Waals surface area contributed by atoms with Gasteiger partial charge in [0.25, 0.3) is 9.05 Å². The van der Waals surface area contributed by atoms with E-state index in [9.17, 15) is 17.6 Å². The van der Waals surface area contributed by atoms with Crippen LogP contribution >= 0.6 is 10.7 Å². The van der Waals surface area contributed by atoms with Gasteiger partial charge in [-0.3, -0.25) is 4.57 Å². The lowest BCUT2D eigenvalue weighted by Crippen LogP contribution is -2.08. The minimum Gasteiger partial charge on any atom is -0.408 e. The van der Waals surface area contributed by atoms with Crippen LogP contribution < -0.4 is 5.76 Å². The highest BCUT2D eigenvalue weighted by Crippen LogP contribution is 2.24. The molecule has 2 aromatic rings. The number of aromatic nitrogens is 1. The monoisotopic (exact) mass is 265 g/mol. The molecule has 0 amide bonds. The largest absolute Gasteiger partial charge is 0.419 e. The van der Waals surface area contributed by atoms with Crippen LogP contribution in [0.1, 0.15) is 0 Å². The molecule has 0 aliphatic heterocycles. The molecular formula is C8H5ClFNO4S. The van der Waals surface area contributed by atoms with Gasteiger partial charge in [-0.25, -0.2) is 17.6 Å². The second-order valence-corrected chi connectivity index (χ2v) is 5.65. The molecule has 2 rings (SSSR count). The number of halogens is 2. The summed E-state index contributed by atoms with van der Waals surface area (Å²) in [4.78, 5) is 10.4. The summed E-state index contributed by atoms with van der Waals surface area (Å²) in [6.45, 7) is 0. The maximum Gasteiger partial charge on any atom is 0.419 e. The number of hydrogen-bond acceptors (Lipinski definition) is 4. The van der Waals surface area contributed by atoms with Crippen molar-refractivity contribution in [1.82, 2.24) is 4.57 Å². The van der Waals surface area contributed by atoms with Crippen LogP contribution in [0.3, 0.4) is 0 Å². The molecule has 0 saturated heterocycles. The van der Waals surface area contributed by atoms with Crippen LogP contribution in [0.15, 0.2) is 26.2 Å². The van der Waals surface area contributed by atoms with Crippen molar-refractivity contribution in [2.45, 2.75) is 4.90 Å². The van der Waals surface area contributed by atoms with Crippen molar-refractivity contribution in [3.63, 3.8) is 0 Å². The lowest BCUT2D eigenvalue weighted by molar-refractivity contribution is 0.526. The molecule has 0 atom stereocenters. The minimum atomic E-state index is -4.20. The summed E-state index contributed by atoms with van der Waals surface area (Å²) in [5.41, 5.74) is 0.125. The first-order valence-corrected chi connectivity index (χ1v) is 6.35. The number of nitrogens with zero attached hydrogens (tertiary/aromatic N) is 1. The highest BCUT2D eigenvalue weighted by atomic mass is 35.7. The van der Waals surface area contributed by atoms with Crippen molar-refractivity contribution >= 4 is 30.8 Å². The summed E-state index contributed by atoms with van der Waals surface area (Å²) in [5.74, 6) is -1.74. The van der Waals surface area contributed by atoms with Crippen LogP contribution in [-0.4, -0.2) is 13.0 Å². The Morgan fingerprint density at radius 1 is 1.44 bits per heavy atom. The molecule has 0 spiro atoms. The molecular weight excluding hydrogens is 261 g/mol. The Labute approximate surface area is 93.5 Å². The van der Waals surface area contributed by atoms with Gasteiger partial charge in [-0.05, 0) is 0 Å². The van der Waals surface area contributed by atoms with Gasteiger partial charge in [0, 0.05) is 29.9 Å². The van der Waals surface area contributed by atoms with E-state index in [0.717, 1.165) is 16.7 Å². The van der Waals surface area contributed by atoms with E-state index in [2.05, 4.69) is 0 Å². The zero-order valence-corrected chi connectivity index (χ0v) is 9.47. The predicted molar refractivity (Wildman–Crippen MR) is 54.5 cm³/mol. The van der Waals surface area contributed by atoms with Crippen LogP contribution in [0, 0.1) is 5.82 Å². The highest BCUT2D eigenvalue weighted by Gasteiger charge is 2.19. The third kappa shape index (κ3) is 1.61. The first-order chi connectivity index (χ1) is 7.30. The maximum absolute atomic E-state index is 13.4. The van der Waals surface area contributed by atoms with Gasteiger partial charge in [-0.15, -0.1) is 0 Å². The summed E-state index contributed by atoms with van der Waals surface area (Å²) in [6, 6.07) is 1.77. The Hall–Kier alpha value is -1.34. The van der Waals surface area contributed by atoms with E-state index in [1.54, 1.807) is 0 Å². The van der Waals surface area contributed by atoms with Gasteiger partial charge in [0.1, 0.15) is 10.7 Å². The molecule has 86 valence electrons. The second kappa shape index (κ2) is 3.33. The van der Waals surface area contributed by atoms with E-state index in [1.807, 2.05) is 0 Å². The van der Waals surface area contributed by atoms with E-state index < -0.39 is 25.5 Å². The van der Waals surface area contributed by atoms with Crippen molar-refractivity contribution in [2.24, 2.45) is 7.05 Å². The van der Waals surface area contributed by atoms with Crippen LogP contribution in [0.5, 0.6) is 0 Å². The average Bonchev–Trinajstić information content (AvgIpc) is 2.41. The Balaban J connectivity index is 2.94. The number of benzene rings is 1. The summed E-state index contributed by atoms with van der Waals surface area (Å²) in [5, 5.41) is 0. The second-order valence-electron chi connectivity index (χ2n) is 3.12. The fourth-order valence-electron chi connectivity index (χ4n) is 1.32. The van der Waals surface area contributed by atoms with E-state index in [-0.39, 0.29) is 11.1 Å². The Morgan fingerprint density at radius 2 is 2.06 bits per heavy atom. The fraction of sp³-hybridized carbons (Fsp3) is 0.125. The summed E-state index contributed by atoms with van der Waals surface area (Å²) in [7, 11) is 2.19.